The number of alkyl halides is 1. The Morgan fingerprint density at radius 1 is 1.38 bits per heavy atom. The highest BCUT2D eigenvalue weighted by Gasteiger charge is 2.57. The number of nitrogens with zero attached hydrogens (tertiary/aromatic N) is 1. The van der Waals surface area contributed by atoms with E-state index in [0.717, 1.165) is 0 Å². The van der Waals surface area contributed by atoms with E-state index in [-0.39, 0.29) is 10.3 Å². The maximum Gasteiger partial charge on any atom is 0.338 e. The van der Waals surface area contributed by atoms with Gasteiger partial charge in [0, 0.05) is 12.3 Å². The molecule has 4 atom stereocenters. The molecule has 1 aliphatic rings. The van der Waals surface area contributed by atoms with E-state index in [9.17, 15) is 9.59 Å². The maximum atomic E-state index is 15.1. The number of hydrogen-bond acceptors (Lipinski definition) is 5. The molecule has 0 saturated carbocycles. The van der Waals surface area contributed by atoms with Crippen molar-refractivity contribution >= 4 is 18.2 Å². The standard InChI is InChI=1S/C18H19FN2O4S/c1-3-12-14(19)18(2,25-15(23)11-7-5-4-6-8-11)16(24-12)21-10-9-13(22)20-17(21)26/h4-10,12,14,16H,3H2,1-2H3,(H,20,22,26)/t12-,14+,16-,18?/m1/s1. The van der Waals surface area contributed by atoms with Crippen LogP contribution in [0.5, 0.6) is 0 Å². The highest BCUT2D eigenvalue weighted by molar-refractivity contribution is 7.71. The van der Waals surface area contributed by atoms with Crippen molar-refractivity contribution in [2.45, 2.75) is 44.4 Å². The molecular weight excluding hydrogens is 359 g/mol. The lowest BCUT2D eigenvalue weighted by atomic mass is 9.96. The highest BCUT2D eigenvalue weighted by atomic mass is 32.1. The molecule has 138 valence electrons. The molecule has 0 bridgehead atoms. The Morgan fingerprint density at radius 2 is 2.08 bits per heavy atom. The Bertz CT molecular complexity index is 913. The van der Waals surface area contributed by atoms with Gasteiger partial charge in [-0.2, -0.15) is 0 Å². The van der Waals surface area contributed by atoms with Crippen LogP contribution in [0.2, 0.25) is 0 Å². The van der Waals surface area contributed by atoms with Crippen LogP contribution in [0.1, 0.15) is 36.9 Å². The lowest BCUT2D eigenvalue weighted by Gasteiger charge is -2.32. The number of H-pyrrole nitrogens is 1. The molecule has 1 fully saturated rings. The molecule has 0 radical (unpaired) electrons. The average Bonchev–Trinajstić information content (AvgIpc) is 2.87. The molecule has 1 aromatic heterocycles. The lowest BCUT2D eigenvalue weighted by molar-refractivity contribution is -0.100. The largest absolute Gasteiger partial charge is 0.448 e. The molecule has 8 heteroatoms. The summed E-state index contributed by atoms with van der Waals surface area (Å²) in [5, 5.41) is 0. The summed E-state index contributed by atoms with van der Waals surface area (Å²) in [6.07, 6.45) is -1.52. The molecule has 2 heterocycles. The third-order valence-corrected chi connectivity index (χ3v) is 4.81. The molecule has 0 spiro atoms. The van der Waals surface area contributed by atoms with E-state index in [1.54, 1.807) is 37.3 Å². The predicted octanol–water partition coefficient (Wildman–Crippen LogP) is 3.17. The number of aromatic amines is 1. The second-order valence-electron chi connectivity index (χ2n) is 6.29. The number of esters is 1. The van der Waals surface area contributed by atoms with Gasteiger partial charge in [0.2, 0.25) is 0 Å². The molecule has 1 unspecified atom stereocenters. The topological polar surface area (TPSA) is 73.3 Å². The molecule has 1 aliphatic heterocycles. The summed E-state index contributed by atoms with van der Waals surface area (Å²) in [5.74, 6) is -0.656. The summed E-state index contributed by atoms with van der Waals surface area (Å²) in [5.41, 5.74) is -1.68. The van der Waals surface area contributed by atoms with E-state index >= 15 is 4.39 Å². The van der Waals surface area contributed by atoms with E-state index in [2.05, 4.69) is 4.98 Å². The predicted molar refractivity (Wildman–Crippen MR) is 95.2 cm³/mol. The number of halogens is 1. The molecule has 0 amide bonds. The lowest BCUT2D eigenvalue weighted by Crippen LogP contribution is -2.45. The Morgan fingerprint density at radius 3 is 2.69 bits per heavy atom. The van der Waals surface area contributed by atoms with Gasteiger partial charge in [-0.3, -0.25) is 14.3 Å². The molecule has 1 N–H and O–H groups in total. The van der Waals surface area contributed by atoms with Crippen LogP contribution >= 0.6 is 12.2 Å². The van der Waals surface area contributed by atoms with Crippen molar-refractivity contribution in [2.75, 3.05) is 0 Å². The van der Waals surface area contributed by atoms with Gasteiger partial charge in [0.25, 0.3) is 5.56 Å². The van der Waals surface area contributed by atoms with E-state index in [1.165, 1.54) is 23.8 Å². The number of ether oxygens (including phenoxy) is 2. The van der Waals surface area contributed by atoms with Crippen LogP contribution in [0.25, 0.3) is 0 Å². The number of benzene rings is 1. The summed E-state index contributed by atoms with van der Waals surface area (Å²) in [7, 11) is 0. The van der Waals surface area contributed by atoms with Gasteiger partial charge in [-0.15, -0.1) is 0 Å². The minimum absolute atomic E-state index is 0.0634. The summed E-state index contributed by atoms with van der Waals surface area (Å²) in [4.78, 5) is 26.4. The first-order chi connectivity index (χ1) is 12.4. The summed E-state index contributed by atoms with van der Waals surface area (Å²) >= 11 is 5.16. The zero-order valence-corrected chi connectivity index (χ0v) is 15.2. The van der Waals surface area contributed by atoms with Gasteiger partial charge in [-0.25, -0.2) is 9.18 Å². The molecule has 6 nitrogen and oxygen atoms in total. The van der Waals surface area contributed by atoms with Crippen LogP contribution in [0.15, 0.2) is 47.4 Å². The zero-order chi connectivity index (χ0) is 18.9. The van der Waals surface area contributed by atoms with Gasteiger partial charge in [-0.05, 0) is 37.7 Å². The van der Waals surface area contributed by atoms with Crippen molar-refractivity contribution in [3.63, 3.8) is 0 Å². The molecule has 1 aromatic carbocycles. The normalized spacial score (nSPS) is 28.0. The Kier molecular flexibility index (Phi) is 5.06. The van der Waals surface area contributed by atoms with Gasteiger partial charge in [0.15, 0.2) is 22.8 Å². The fourth-order valence-electron chi connectivity index (χ4n) is 3.07. The van der Waals surface area contributed by atoms with Crippen molar-refractivity contribution in [3.8, 4) is 0 Å². The third-order valence-electron chi connectivity index (χ3n) is 4.50. The van der Waals surface area contributed by atoms with Crippen molar-refractivity contribution in [2.24, 2.45) is 0 Å². The highest BCUT2D eigenvalue weighted by Crippen LogP contribution is 2.44. The van der Waals surface area contributed by atoms with Crippen LogP contribution in [0.4, 0.5) is 4.39 Å². The number of nitrogens with one attached hydrogen (secondary N) is 1. The van der Waals surface area contributed by atoms with Gasteiger partial charge < -0.3 is 9.47 Å². The fourth-order valence-corrected chi connectivity index (χ4v) is 3.33. The summed E-state index contributed by atoms with van der Waals surface area (Å²) < 4.78 is 28.0. The van der Waals surface area contributed by atoms with Crippen LogP contribution < -0.4 is 5.56 Å². The van der Waals surface area contributed by atoms with Crippen molar-refractivity contribution in [1.82, 2.24) is 9.55 Å². The smallest absolute Gasteiger partial charge is 0.338 e. The van der Waals surface area contributed by atoms with Gasteiger partial charge in [0.05, 0.1) is 11.7 Å². The minimum Gasteiger partial charge on any atom is -0.448 e. The maximum absolute atomic E-state index is 15.1. The Labute approximate surface area is 154 Å². The molecular formula is C18H19FN2O4S. The molecule has 2 aromatic rings. The van der Waals surface area contributed by atoms with Crippen molar-refractivity contribution in [3.05, 3.63) is 63.3 Å². The zero-order valence-electron chi connectivity index (χ0n) is 14.3. The van der Waals surface area contributed by atoms with Crippen LogP contribution in [0, 0.1) is 4.77 Å². The fraction of sp³-hybridized carbons (Fsp3) is 0.389. The van der Waals surface area contributed by atoms with E-state index < -0.39 is 30.1 Å². The average molecular weight is 378 g/mol. The molecule has 26 heavy (non-hydrogen) atoms. The SMILES string of the molecule is CC[C@H]1O[C@@H](n2ccc(=O)[nH]c2=S)C(C)(OC(=O)c2ccccc2)[C@H]1F. The van der Waals surface area contributed by atoms with Gasteiger partial charge in [0.1, 0.15) is 0 Å². The van der Waals surface area contributed by atoms with Crippen LogP contribution in [-0.4, -0.2) is 33.4 Å². The third kappa shape index (κ3) is 3.22. The number of rotatable bonds is 4. The minimum atomic E-state index is -1.61. The molecule has 1 saturated heterocycles. The van der Waals surface area contributed by atoms with Crippen LogP contribution in [0.3, 0.4) is 0 Å². The summed E-state index contributed by atoms with van der Waals surface area (Å²) in [6.45, 7) is 3.26. The Balaban J connectivity index is 2.00. The quantitative estimate of drug-likeness (QED) is 0.653. The summed E-state index contributed by atoms with van der Waals surface area (Å²) in [6, 6.07) is 9.60. The van der Waals surface area contributed by atoms with Gasteiger partial charge >= 0.3 is 5.97 Å². The number of aromatic nitrogens is 2. The Hall–Kier alpha value is -2.32. The second kappa shape index (κ2) is 7.13. The van der Waals surface area contributed by atoms with E-state index in [1.807, 2.05) is 0 Å². The van der Waals surface area contributed by atoms with Crippen molar-refractivity contribution < 1.29 is 18.7 Å². The number of carbonyl (C=O) groups is 1. The first-order valence-electron chi connectivity index (χ1n) is 8.26. The van der Waals surface area contributed by atoms with E-state index in [4.69, 9.17) is 21.7 Å². The van der Waals surface area contributed by atoms with Crippen molar-refractivity contribution in [1.29, 1.82) is 0 Å². The molecule has 0 aliphatic carbocycles. The second-order valence-corrected chi connectivity index (χ2v) is 6.68. The first kappa shape index (κ1) is 18.5. The van der Waals surface area contributed by atoms with Gasteiger partial charge in [-0.1, -0.05) is 25.1 Å². The molecule has 3 rings (SSSR count). The van der Waals surface area contributed by atoms with E-state index in [0.29, 0.717) is 12.0 Å². The number of carbonyl (C=O) groups excluding carboxylic acids is 1. The number of hydrogen-bond donors (Lipinski definition) is 1. The first-order valence-corrected chi connectivity index (χ1v) is 8.67. The monoisotopic (exact) mass is 378 g/mol. The van der Waals surface area contributed by atoms with Crippen LogP contribution in [-0.2, 0) is 9.47 Å².